The lowest BCUT2D eigenvalue weighted by Gasteiger charge is -2.23. The Morgan fingerprint density at radius 3 is 1.68 bits per heavy atom. The molecule has 1 amide bonds. The summed E-state index contributed by atoms with van der Waals surface area (Å²) in [5, 5.41) is 10.2. The Bertz CT molecular complexity index is 648. The SMILES string of the molecule is C=CCN(CC=C)C(=O)c1c(Cl)c(Cl)c(Cl)c(Cl)c1C(=O)[O-]. The second-order valence-electron chi connectivity index (χ2n) is 4.08. The van der Waals surface area contributed by atoms with Gasteiger partial charge in [0, 0.05) is 18.7 Å². The zero-order chi connectivity index (χ0) is 17.0. The van der Waals surface area contributed by atoms with E-state index in [0.717, 1.165) is 0 Å². The third kappa shape index (κ3) is 3.58. The van der Waals surface area contributed by atoms with Gasteiger partial charge in [0.2, 0.25) is 0 Å². The van der Waals surface area contributed by atoms with Crippen LogP contribution >= 0.6 is 46.4 Å². The number of hydrogen-bond acceptors (Lipinski definition) is 3. The molecule has 0 aliphatic carbocycles. The number of benzene rings is 1. The second-order valence-corrected chi connectivity index (χ2v) is 5.59. The van der Waals surface area contributed by atoms with Crippen LogP contribution in [0.1, 0.15) is 20.7 Å². The fraction of sp³-hybridized carbons (Fsp3) is 0.143. The van der Waals surface area contributed by atoms with Crippen LogP contribution in [0.4, 0.5) is 0 Å². The van der Waals surface area contributed by atoms with E-state index in [0.29, 0.717) is 0 Å². The molecule has 0 atom stereocenters. The van der Waals surface area contributed by atoms with Crippen LogP contribution in [0.5, 0.6) is 0 Å². The summed E-state index contributed by atoms with van der Waals surface area (Å²) in [5.74, 6) is -2.39. The van der Waals surface area contributed by atoms with Crippen LogP contribution < -0.4 is 5.11 Å². The van der Waals surface area contributed by atoms with Gasteiger partial charge in [-0.05, 0) is 0 Å². The summed E-state index contributed by atoms with van der Waals surface area (Å²) < 4.78 is 0. The largest absolute Gasteiger partial charge is 0.545 e. The van der Waals surface area contributed by atoms with E-state index in [2.05, 4.69) is 13.2 Å². The van der Waals surface area contributed by atoms with Gasteiger partial charge in [0.15, 0.2) is 0 Å². The van der Waals surface area contributed by atoms with Crippen LogP contribution in [0, 0.1) is 0 Å². The molecule has 0 fully saturated rings. The number of rotatable bonds is 6. The van der Waals surface area contributed by atoms with Gasteiger partial charge in [0.05, 0.1) is 31.6 Å². The lowest BCUT2D eigenvalue weighted by molar-refractivity contribution is -0.255. The third-order valence-electron chi connectivity index (χ3n) is 2.67. The molecule has 22 heavy (non-hydrogen) atoms. The van der Waals surface area contributed by atoms with Gasteiger partial charge in [-0.15, -0.1) is 13.2 Å². The van der Waals surface area contributed by atoms with Crippen LogP contribution in [0.3, 0.4) is 0 Å². The second kappa shape index (κ2) is 7.88. The number of halogens is 4. The Labute approximate surface area is 147 Å². The van der Waals surface area contributed by atoms with Crippen molar-refractivity contribution in [1.82, 2.24) is 4.90 Å². The smallest absolute Gasteiger partial charge is 0.256 e. The maximum absolute atomic E-state index is 12.6. The Morgan fingerprint density at radius 2 is 1.32 bits per heavy atom. The van der Waals surface area contributed by atoms with Gasteiger partial charge in [-0.1, -0.05) is 58.6 Å². The average molecular weight is 382 g/mol. The predicted molar refractivity (Wildman–Crippen MR) is 87.1 cm³/mol. The van der Waals surface area contributed by atoms with E-state index in [-0.39, 0.29) is 33.7 Å². The maximum Gasteiger partial charge on any atom is 0.256 e. The van der Waals surface area contributed by atoms with Crippen molar-refractivity contribution in [3.63, 3.8) is 0 Å². The number of carbonyl (C=O) groups excluding carboxylic acids is 2. The minimum atomic E-state index is -1.69. The molecule has 4 nitrogen and oxygen atoms in total. The molecule has 1 aromatic rings. The van der Waals surface area contributed by atoms with E-state index in [4.69, 9.17) is 46.4 Å². The number of aromatic carboxylic acids is 1. The fourth-order valence-corrected chi connectivity index (χ4v) is 2.74. The highest BCUT2D eigenvalue weighted by molar-refractivity contribution is 6.54. The number of carbonyl (C=O) groups is 2. The lowest BCUT2D eigenvalue weighted by Crippen LogP contribution is -2.35. The lowest BCUT2D eigenvalue weighted by atomic mass is 10.1. The molecular weight excluding hydrogens is 372 g/mol. The summed E-state index contributed by atoms with van der Waals surface area (Å²) in [6, 6.07) is 0. The van der Waals surface area contributed by atoms with Crippen molar-refractivity contribution in [1.29, 1.82) is 0 Å². The number of carboxylic acid groups (broad SMARTS) is 1. The van der Waals surface area contributed by atoms with E-state index >= 15 is 0 Å². The zero-order valence-corrected chi connectivity index (χ0v) is 14.2. The number of carboxylic acids is 1. The van der Waals surface area contributed by atoms with Crippen molar-refractivity contribution in [2.75, 3.05) is 13.1 Å². The Morgan fingerprint density at radius 1 is 0.909 bits per heavy atom. The Kier molecular flexibility index (Phi) is 6.75. The molecule has 0 unspecified atom stereocenters. The van der Waals surface area contributed by atoms with E-state index in [1.807, 2.05) is 0 Å². The highest BCUT2D eigenvalue weighted by atomic mass is 35.5. The summed E-state index contributed by atoms with van der Waals surface area (Å²) in [4.78, 5) is 25.2. The summed E-state index contributed by atoms with van der Waals surface area (Å²) in [6.45, 7) is 7.34. The molecule has 0 saturated heterocycles. The standard InChI is InChI=1S/C14H11Cl4NO3/c1-3-5-19(6-4-2)13(20)7-8(14(21)22)10(16)12(18)11(17)9(7)15/h3-4H,1-2,5-6H2,(H,21,22)/p-1. The molecule has 0 bridgehead atoms. The maximum atomic E-state index is 12.6. The van der Waals surface area contributed by atoms with Crippen molar-refractivity contribution in [3.8, 4) is 0 Å². The number of amides is 1. The van der Waals surface area contributed by atoms with Crippen LogP contribution in [0.25, 0.3) is 0 Å². The van der Waals surface area contributed by atoms with Crippen molar-refractivity contribution >= 4 is 58.3 Å². The van der Waals surface area contributed by atoms with Crippen LogP contribution in [-0.2, 0) is 0 Å². The van der Waals surface area contributed by atoms with Crippen molar-refractivity contribution in [2.24, 2.45) is 0 Å². The monoisotopic (exact) mass is 380 g/mol. The van der Waals surface area contributed by atoms with Gasteiger partial charge < -0.3 is 14.8 Å². The molecule has 0 spiro atoms. The fourth-order valence-electron chi connectivity index (χ4n) is 1.73. The molecule has 0 aliphatic heterocycles. The molecule has 0 aliphatic rings. The Hall–Kier alpha value is -1.20. The van der Waals surface area contributed by atoms with Gasteiger partial charge in [-0.2, -0.15) is 0 Å². The Balaban J connectivity index is 3.63. The van der Waals surface area contributed by atoms with Crippen molar-refractivity contribution in [3.05, 3.63) is 56.5 Å². The minimum Gasteiger partial charge on any atom is -0.545 e. The van der Waals surface area contributed by atoms with E-state index < -0.39 is 22.5 Å². The zero-order valence-electron chi connectivity index (χ0n) is 11.2. The first-order valence-corrected chi connectivity index (χ1v) is 7.37. The highest BCUT2D eigenvalue weighted by Crippen LogP contribution is 2.41. The van der Waals surface area contributed by atoms with Gasteiger partial charge >= 0.3 is 0 Å². The first-order valence-electron chi connectivity index (χ1n) is 5.86. The van der Waals surface area contributed by atoms with Crippen molar-refractivity contribution in [2.45, 2.75) is 0 Å². The molecule has 8 heteroatoms. The normalized spacial score (nSPS) is 10.2. The average Bonchev–Trinajstić information content (AvgIpc) is 2.47. The number of hydrogen-bond donors (Lipinski definition) is 0. The van der Waals surface area contributed by atoms with Gasteiger partial charge in [-0.25, -0.2) is 0 Å². The van der Waals surface area contributed by atoms with Crippen LogP contribution in [0.2, 0.25) is 20.1 Å². The number of nitrogens with zero attached hydrogens (tertiary/aromatic N) is 1. The van der Waals surface area contributed by atoms with E-state index in [9.17, 15) is 14.7 Å². The van der Waals surface area contributed by atoms with E-state index in [1.165, 1.54) is 17.1 Å². The first-order chi connectivity index (χ1) is 10.3. The van der Waals surface area contributed by atoms with Crippen LogP contribution in [-0.4, -0.2) is 29.9 Å². The minimum absolute atomic E-state index is 0.144. The summed E-state index contributed by atoms with van der Waals surface area (Å²) in [6.07, 6.45) is 2.93. The first kappa shape index (κ1) is 18.8. The third-order valence-corrected chi connectivity index (χ3v) is 4.47. The topological polar surface area (TPSA) is 60.4 Å². The molecule has 118 valence electrons. The van der Waals surface area contributed by atoms with Gasteiger partial charge in [0.1, 0.15) is 0 Å². The molecule has 0 saturated carbocycles. The van der Waals surface area contributed by atoms with Crippen molar-refractivity contribution < 1.29 is 14.7 Å². The van der Waals surface area contributed by atoms with Crippen LogP contribution in [0.15, 0.2) is 25.3 Å². The molecule has 0 radical (unpaired) electrons. The summed E-state index contributed by atoms with van der Waals surface area (Å²) >= 11 is 23.6. The van der Waals surface area contributed by atoms with E-state index in [1.54, 1.807) is 0 Å². The van der Waals surface area contributed by atoms with Gasteiger partial charge in [0.25, 0.3) is 5.91 Å². The molecule has 1 aromatic carbocycles. The quantitative estimate of drug-likeness (QED) is 0.430. The molecule has 1 rings (SSSR count). The summed E-state index contributed by atoms with van der Waals surface area (Å²) in [5.41, 5.74) is -0.992. The molecule has 0 N–H and O–H groups in total. The summed E-state index contributed by atoms with van der Waals surface area (Å²) in [7, 11) is 0. The molecular formula is C14H10Cl4NO3-. The molecule has 0 aromatic heterocycles. The predicted octanol–water partition coefficient (Wildman–Crippen LogP) is 3.48. The highest BCUT2D eigenvalue weighted by Gasteiger charge is 2.27. The van der Waals surface area contributed by atoms with Gasteiger partial charge in [-0.3, -0.25) is 4.79 Å². The molecule has 0 heterocycles.